The number of nitrogens with one attached hydrogen (secondary N) is 1. The van der Waals surface area contributed by atoms with E-state index in [1.807, 2.05) is 31.2 Å². The number of benzene rings is 2. The van der Waals surface area contributed by atoms with Gasteiger partial charge in [0.15, 0.2) is 0 Å². The van der Waals surface area contributed by atoms with Crippen molar-refractivity contribution in [2.24, 2.45) is 11.3 Å². The van der Waals surface area contributed by atoms with Gasteiger partial charge in [-0.1, -0.05) is 93.0 Å². The zero-order valence-electron chi connectivity index (χ0n) is 34.0. The normalized spacial score (nSPS) is 28.8. The number of unbranched alkanes of at least 4 members (excludes halogenated alkanes) is 1. The molecule has 2 aromatic rings. The van der Waals surface area contributed by atoms with E-state index in [9.17, 15) is 50.8 Å². The first-order valence-corrected chi connectivity index (χ1v) is 21.1. The highest BCUT2D eigenvalue weighted by atomic mass is 16.4. The van der Waals surface area contributed by atoms with Crippen molar-refractivity contribution in [1.29, 1.82) is 0 Å². The van der Waals surface area contributed by atoms with Gasteiger partial charge in [-0.15, -0.1) is 0 Å². The maximum Gasteiger partial charge on any atom is 0.304 e. The molecular weight excluding hydrogens is 739 g/mol. The number of fused-ring (bicyclic) bond motifs is 5. The van der Waals surface area contributed by atoms with Crippen LogP contribution in [0.2, 0.25) is 0 Å². The van der Waals surface area contributed by atoms with Crippen LogP contribution in [0.4, 0.5) is 0 Å². The molecule has 3 aliphatic rings. The third kappa shape index (κ3) is 11.4. The van der Waals surface area contributed by atoms with Crippen LogP contribution in [0.25, 0.3) is 0 Å². The summed E-state index contributed by atoms with van der Waals surface area (Å²) in [4.78, 5) is 12.1. The summed E-state index contributed by atoms with van der Waals surface area (Å²) in [6, 6.07) is 13.9. The minimum Gasteiger partial charge on any atom is -0.508 e. The first kappa shape index (κ1) is 45.5. The van der Waals surface area contributed by atoms with Crippen LogP contribution >= 0.6 is 0 Å². The van der Waals surface area contributed by atoms with E-state index in [0.29, 0.717) is 49.7 Å². The molecule has 0 aromatic heterocycles. The number of carbonyl (C=O) groups is 1. The van der Waals surface area contributed by atoms with Crippen molar-refractivity contribution < 1.29 is 50.8 Å². The largest absolute Gasteiger partial charge is 0.508 e. The summed E-state index contributed by atoms with van der Waals surface area (Å²) < 4.78 is 0. The lowest BCUT2D eigenvalue weighted by atomic mass is 9.70. The van der Waals surface area contributed by atoms with Gasteiger partial charge < -0.3 is 51.3 Å². The molecule has 0 saturated heterocycles. The van der Waals surface area contributed by atoms with Crippen molar-refractivity contribution >= 4 is 5.97 Å². The number of aryl methyl sites for hydroxylation is 1. The summed E-state index contributed by atoms with van der Waals surface area (Å²) in [6.07, 6.45) is 2.95. The van der Waals surface area contributed by atoms with Crippen molar-refractivity contribution in [2.45, 2.75) is 151 Å². The molecule has 11 nitrogen and oxygen atoms in total. The Labute approximate surface area is 343 Å². The number of phenolic OH excluding ortho intramolecular Hbond substituents is 1. The number of aliphatic carboxylic acids is 1. The number of aromatic hydroxyl groups is 1. The van der Waals surface area contributed by atoms with Crippen LogP contribution in [0, 0.1) is 23.2 Å². The van der Waals surface area contributed by atoms with E-state index in [0.717, 1.165) is 42.4 Å². The van der Waals surface area contributed by atoms with Crippen LogP contribution in [0.3, 0.4) is 0 Å². The van der Waals surface area contributed by atoms with E-state index in [-0.39, 0.29) is 31.6 Å². The molecule has 2 bridgehead atoms. The van der Waals surface area contributed by atoms with Gasteiger partial charge in [0.05, 0.1) is 55.1 Å². The second-order valence-electron chi connectivity index (χ2n) is 17.3. The molecule has 0 amide bonds. The number of allylic oxidation sites excluding steroid dienone is 2. The number of carboxylic acid groups (broad SMARTS) is 1. The predicted octanol–water partition coefficient (Wildman–Crippen LogP) is 4.59. The molecule has 0 radical (unpaired) electrons. The third-order valence-electron chi connectivity index (χ3n) is 12.9. The molecule has 58 heavy (non-hydrogen) atoms. The van der Waals surface area contributed by atoms with Crippen LogP contribution in [0.5, 0.6) is 5.75 Å². The molecule has 0 spiro atoms. The van der Waals surface area contributed by atoms with Crippen LogP contribution in [-0.4, -0.2) is 107 Å². The van der Waals surface area contributed by atoms with Crippen molar-refractivity contribution in [2.75, 3.05) is 13.2 Å². The lowest BCUT2D eigenvalue weighted by Gasteiger charge is -2.42. The SMILES string of the molecule is CCCC[C@H](O)[C@H](O)/C=C/C1=C(\C[C@H](O)CO)[C@H]2NC[C@@](C)(O)[C@H](c3ccc(O)cc3)C#C[C@H](C[C@H]2C[C@H](O)[C@H](O)C2(CC(=O)O)CCCC2)c2ccccc2CC1. The molecule has 1 fully saturated rings. The molecule has 11 heteroatoms. The van der Waals surface area contributed by atoms with Crippen LogP contribution < -0.4 is 5.32 Å². The van der Waals surface area contributed by atoms with Crippen molar-refractivity contribution in [3.8, 4) is 17.6 Å². The predicted molar refractivity (Wildman–Crippen MR) is 222 cm³/mol. The lowest BCUT2D eigenvalue weighted by Crippen LogP contribution is -2.51. The summed E-state index contributed by atoms with van der Waals surface area (Å²) in [5.74, 6) is 4.36. The van der Waals surface area contributed by atoms with Crippen LogP contribution in [-0.2, 0) is 11.2 Å². The summed E-state index contributed by atoms with van der Waals surface area (Å²) in [7, 11) is 0. The molecule has 2 aliphatic carbocycles. The highest BCUT2D eigenvalue weighted by Crippen LogP contribution is 2.47. The zero-order valence-corrected chi connectivity index (χ0v) is 34.0. The number of β-amino-alcohol motifs (C(OH)–C–C–N with tert-alkyl or cyclic N) is 1. The molecule has 1 aliphatic heterocycles. The zero-order chi connectivity index (χ0) is 42.0. The Balaban J connectivity index is 1.72. The van der Waals surface area contributed by atoms with Crippen LogP contribution in [0.1, 0.15) is 119 Å². The third-order valence-corrected chi connectivity index (χ3v) is 12.9. The maximum atomic E-state index is 12.3. The number of phenols is 1. The standard InChI is InChI=1S/C47H65NO10/c1-3-4-11-40(52)41(53)21-17-31-13-12-30-9-5-6-10-37(30)33-16-20-39(32-14-18-35(50)19-15-32)46(2,58)29-48-44(38(31)26-36(51)28-49)34(24-33)25-42(54)45(57)47(27-43(55)56)22-7-8-23-47/h5-6,9-10,14-15,17-19,21,33-34,36,39-42,44-45,48-54,57-58H,3-4,7-8,11-13,22-29H2,1-2H3,(H,55,56)/b21-17+,38-31+/t33-,34+,36+,39+,40+,41-,42+,44+,45+,46-/m1/s1. The monoisotopic (exact) mass is 803 g/mol. The Hall–Kier alpha value is -3.57. The van der Waals surface area contributed by atoms with Crippen LogP contribution in [0.15, 0.2) is 71.8 Å². The van der Waals surface area contributed by atoms with Gasteiger partial charge in [-0.2, -0.15) is 0 Å². The Bertz CT molecular complexity index is 1770. The topological polar surface area (TPSA) is 211 Å². The van der Waals surface area contributed by atoms with E-state index in [2.05, 4.69) is 17.2 Å². The van der Waals surface area contributed by atoms with E-state index >= 15 is 0 Å². The molecule has 5 rings (SSSR count). The average Bonchev–Trinajstić information content (AvgIpc) is 3.67. The van der Waals surface area contributed by atoms with Gasteiger partial charge in [0.2, 0.25) is 0 Å². The van der Waals surface area contributed by atoms with Crippen molar-refractivity contribution in [1.82, 2.24) is 5.32 Å². The van der Waals surface area contributed by atoms with E-state index < -0.39 is 77.9 Å². The van der Waals surface area contributed by atoms with Gasteiger partial charge in [-0.3, -0.25) is 4.79 Å². The smallest absolute Gasteiger partial charge is 0.304 e. The molecule has 2 aromatic carbocycles. The number of rotatable bonds is 16. The summed E-state index contributed by atoms with van der Waals surface area (Å²) >= 11 is 0. The Kier molecular flexibility index (Phi) is 16.2. The van der Waals surface area contributed by atoms with Gasteiger partial charge in [0.25, 0.3) is 0 Å². The molecule has 318 valence electrons. The average molecular weight is 804 g/mol. The fourth-order valence-electron chi connectivity index (χ4n) is 9.61. The van der Waals surface area contributed by atoms with Gasteiger partial charge in [0.1, 0.15) is 5.75 Å². The fraction of sp³-hybridized carbons (Fsp3) is 0.596. The van der Waals surface area contributed by atoms with E-state index in [1.54, 1.807) is 43.3 Å². The van der Waals surface area contributed by atoms with Gasteiger partial charge >= 0.3 is 5.97 Å². The molecule has 10 atom stereocenters. The van der Waals surface area contributed by atoms with E-state index in [4.69, 9.17) is 0 Å². The first-order valence-electron chi connectivity index (χ1n) is 21.1. The minimum atomic E-state index is -1.50. The fourth-order valence-corrected chi connectivity index (χ4v) is 9.61. The highest BCUT2D eigenvalue weighted by molar-refractivity contribution is 5.68. The number of hydrogen-bond acceptors (Lipinski definition) is 10. The molecule has 0 unspecified atom stereocenters. The highest BCUT2D eigenvalue weighted by Gasteiger charge is 2.47. The number of aliphatic hydroxyl groups is 7. The Morgan fingerprint density at radius 2 is 1.69 bits per heavy atom. The van der Waals surface area contributed by atoms with Crippen molar-refractivity contribution in [3.05, 3.63) is 88.5 Å². The Morgan fingerprint density at radius 1 is 0.983 bits per heavy atom. The number of carboxylic acids is 1. The summed E-state index contributed by atoms with van der Waals surface area (Å²) in [5.41, 5.74) is 1.63. The summed E-state index contributed by atoms with van der Waals surface area (Å²) in [5, 5.41) is 103. The molecule has 1 heterocycles. The number of hydrogen-bond donors (Lipinski definition) is 10. The second-order valence-corrected chi connectivity index (χ2v) is 17.3. The summed E-state index contributed by atoms with van der Waals surface area (Å²) in [6.45, 7) is 3.15. The number of aliphatic hydroxyl groups excluding tert-OH is 6. The van der Waals surface area contributed by atoms with Gasteiger partial charge in [0, 0.05) is 23.9 Å². The van der Waals surface area contributed by atoms with E-state index in [1.165, 1.54) is 0 Å². The van der Waals surface area contributed by atoms with Crippen molar-refractivity contribution in [3.63, 3.8) is 0 Å². The quantitative estimate of drug-likeness (QED) is 0.106. The lowest BCUT2D eigenvalue weighted by molar-refractivity contribution is -0.145. The molecule has 1 saturated carbocycles. The first-order chi connectivity index (χ1) is 27.7. The van der Waals surface area contributed by atoms with Gasteiger partial charge in [-0.25, -0.2) is 0 Å². The Morgan fingerprint density at radius 3 is 2.36 bits per heavy atom. The minimum absolute atomic E-state index is 0.00193. The maximum absolute atomic E-state index is 12.3. The van der Waals surface area contributed by atoms with Gasteiger partial charge in [-0.05, 0) is 104 Å². The second kappa shape index (κ2) is 20.6. The molecular formula is C47H65NO10. The molecule has 10 N–H and O–H groups in total.